The Morgan fingerprint density at radius 2 is 1.85 bits per heavy atom. The van der Waals surface area contributed by atoms with E-state index in [-0.39, 0.29) is 11.8 Å². The van der Waals surface area contributed by atoms with Crippen LogP contribution in [0, 0.1) is 6.92 Å². The number of anilines is 1. The molecule has 1 unspecified atom stereocenters. The maximum Gasteiger partial charge on any atom is 0.227 e. The first-order valence-corrected chi connectivity index (χ1v) is 12.0. The van der Waals surface area contributed by atoms with Gasteiger partial charge >= 0.3 is 0 Å². The van der Waals surface area contributed by atoms with Crippen molar-refractivity contribution in [3.8, 4) is 11.3 Å². The fourth-order valence-electron chi connectivity index (χ4n) is 4.99. The van der Waals surface area contributed by atoms with Crippen LogP contribution in [0.1, 0.15) is 48.4 Å². The molecule has 2 saturated heterocycles. The van der Waals surface area contributed by atoms with Gasteiger partial charge in [-0.15, -0.1) is 0 Å². The van der Waals surface area contributed by atoms with E-state index in [1.807, 2.05) is 28.9 Å². The summed E-state index contributed by atoms with van der Waals surface area (Å²) in [7, 11) is 1.96. The molecule has 2 aliphatic rings. The number of amides is 1. The van der Waals surface area contributed by atoms with E-state index in [4.69, 9.17) is 10.1 Å². The van der Waals surface area contributed by atoms with Gasteiger partial charge in [0.25, 0.3) is 0 Å². The van der Waals surface area contributed by atoms with Crippen LogP contribution in [0.4, 0.5) is 5.95 Å². The third-order valence-corrected chi connectivity index (χ3v) is 6.80. The van der Waals surface area contributed by atoms with Crippen LogP contribution in [0.3, 0.4) is 0 Å². The predicted molar refractivity (Wildman–Crippen MR) is 129 cm³/mol. The van der Waals surface area contributed by atoms with Gasteiger partial charge in [0, 0.05) is 57.1 Å². The van der Waals surface area contributed by atoms with Crippen molar-refractivity contribution in [2.45, 2.75) is 44.9 Å². The van der Waals surface area contributed by atoms with Crippen LogP contribution in [-0.4, -0.2) is 56.7 Å². The van der Waals surface area contributed by atoms with Gasteiger partial charge in [-0.1, -0.05) is 29.8 Å². The predicted octanol–water partition coefficient (Wildman–Crippen LogP) is 3.73. The Bertz CT molecular complexity index is 1120. The van der Waals surface area contributed by atoms with Gasteiger partial charge in [0.1, 0.15) is 0 Å². The number of benzene rings is 1. The highest BCUT2D eigenvalue weighted by Gasteiger charge is 2.29. The van der Waals surface area contributed by atoms with Gasteiger partial charge in [-0.25, -0.2) is 9.97 Å². The molecule has 0 aliphatic carbocycles. The van der Waals surface area contributed by atoms with Crippen molar-refractivity contribution in [2.24, 2.45) is 7.05 Å². The molecule has 1 aromatic carbocycles. The Morgan fingerprint density at radius 1 is 1.06 bits per heavy atom. The average molecular weight is 445 g/mol. The van der Waals surface area contributed by atoms with Crippen LogP contribution < -0.4 is 4.90 Å². The van der Waals surface area contributed by atoms with Gasteiger partial charge in [-0.05, 0) is 44.2 Å². The van der Waals surface area contributed by atoms with E-state index in [1.54, 1.807) is 0 Å². The summed E-state index contributed by atoms with van der Waals surface area (Å²) in [6, 6.07) is 10.2. The first-order valence-electron chi connectivity index (χ1n) is 12.0. The first-order chi connectivity index (χ1) is 16.1. The van der Waals surface area contributed by atoms with Crippen molar-refractivity contribution >= 4 is 11.9 Å². The molecule has 7 nitrogen and oxygen atoms in total. The molecule has 172 valence electrons. The summed E-state index contributed by atoms with van der Waals surface area (Å²) in [4.78, 5) is 26.7. The van der Waals surface area contributed by atoms with Crippen molar-refractivity contribution in [3.63, 3.8) is 0 Å². The van der Waals surface area contributed by atoms with Crippen molar-refractivity contribution in [3.05, 3.63) is 59.5 Å². The second-order valence-electron chi connectivity index (χ2n) is 9.38. The standard InChI is InChI=1S/C26H32N6O/c1-19-7-9-20(10-8-19)16-24(33)32-15-5-6-21(17-32)25-22(18-30(2)29-25)23-11-12-27-26(28-23)31-13-3-4-14-31/h7-12,18,21H,3-6,13-17H2,1-2H3. The maximum atomic E-state index is 13.1. The lowest BCUT2D eigenvalue weighted by atomic mass is 9.91. The molecule has 0 bridgehead atoms. The summed E-state index contributed by atoms with van der Waals surface area (Å²) in [5, 5.41) is 4.83. The maximum absolute atomic E-state index is 13.1. The molecule has 0 N–H and O–H groups in total. The quantitative estimate of drug-likeness (QED) is 0.600. The van der Waals surface area contributed by atoms with Crippen LogP contribution in [0.5, 0.6) is 0 Å². The summed E-state index contributed by atoms with van der Waals surface area (Å²) < 4.78 is 1.87. The molecule has 2 fully saturated rings. The van der Waals surface area contributed by atoms with Crippen molar-refractivity contribution in [1.82, 2.24) is 24.6 Å². The molecule has 1 atom stereocenters. The molecule has 2 aliphatic heterocycles. The minimum Gasteiger partial charge on any atom is -0.342 e. The second kappa shape index (κ2) is 9.33. The molecule has 0 saturated carbocycles. The number of likely N-dealkylation sites (tertiary alicyclic amines) is 1. The van der Waals surface area contributed by atoms with Gasteiger partial charge in [-0.3, -0.25) is 9.48 Å². The Labute approximate surface area is 195 Å². The summed E-state index contributed by atoms with van der Waals surface area (Å²) in [5.41, 5.74) is 5.29. The molecule has 1 amide bonds. The van der Waals surface area contributed by atoms with Crippen molar-refractivity contribution in [2.75, 3.05) is 31.1 Å². The SMILES string of the molecule is Cc1ccc(CC(=O)N2CCCC(c3nn(C)cc3-c3ccnc(N4CCCC4)n3)C2)cc1. The minimum atomic E-state index is 0.194. The monoisotopic (exact) mass is 444 g/mol. The Kier molecular flexibility index (Phi) is 6.11. The summed E-state index contributed by atoms with van der Waals surface area (Å²) in [5.74, 6) is 1.21. The lowest BCUT2D eigenvalue weighted by Crippen LogP contribution is -2.40. The first kappa shape index (κ1) is 21.6. The number of hydrogen-bond donors (Lipinski definition) is 0. The Morgan fingerprint density at radius 3 is 2.64 bits per heavy atom. The van der Waals surface area contributed by atoms with Gasteiger partial charge in [-0.2, -0.15) is 5.10 Å². The molecule has 4 heterocycles. The molecule has 3 aromatic rings. The van der Waals surface area contributed by atoms with Crippen LogP contribution in [-0.2, 0) is 18.3 Å². The molecule has 5 rings (SSSR count). The zero-order valence-corrected chi connectivity index (χ0v) is 19.6. The van der Waals surface area contributed by atoms with Crippen molar-refractivity contribution < 1.29 is 4.79 Å². The molecule has 0 spiro atoms. The zero-order valence-electron chi connectivity index (χ0n) is 19.6. The van der Waals surface area contributed by atoms with Gasteiger partial charge in [0.15, 0.2) is 0 Å². The summed E-state index contributed by atoms with van der Waals surface area (Å²) >= 11 is 0. The normalized spacial score (nSPS) is 18.7. The number of carbonyl (C=O) groups is 1. The largest absolute Gasteiger partial charge is 0.342 e. The topological polar surface area (TPSA) is 67.2 Å². The zero-order chi connectivity index (χ0) is 22.8. The van der Waals surface area contributed by atoms with E-state index in [1.165, 1.54) is 18.4 Å². The van der Waals surface area contributed by atoms with Crippen LogP contribution in [0.2, 0.25) is 0 Å². The lowest BCUT2D eigenvalue weighted by Gasteiger charge is -2.32. The highest BCUT2D eigenvalue weighted by atomic mass is 16.2. The number of aromatic nitrogens is 4. The van der Waals surface area contributed by atoms with Crippen LogP contribution in [0.25, 0.3) is 11.3 Å². The number of piperidine rings is 1. The number of rotatable bonds is 5. The molecular formula is C26H32N6O. The second-order valence-corrected chi connectivity index (χ2v) is 9.38. The smallest absolute Gasteiger partial charge is 0.227 e. The fraction of sp³-hybridized carbons (Fsp3) is 0.462. The highest BCUT2D eigenvalue weighted by molar-refractivity contribution is 5.79. The number of nitrogens with zero attached hydrogens (tertiary/aromatic N) is 6. The van der Waals surface area contributed by atoms with E-state index in [0.29, 0.717) is 13.0 Å². The third kappa shape index (κ3) is 4.77. The molecule has 7 heteroatoms. The Hall–Kier alpha value is -3.22. The Balaban J connectivity index is 1.35. The van der Waals surface area contributed by atoms with Crippen LogP contribution >= 0.6 is 0 Å². The van der Waals surface area contributed by atoms with Gasteiger partial charge in [0.2, 0.25) is 11.9 Å². The number of hydrogen-bond acceptors (Lipinski definition) is 5. The van der Waals surface area contributed by atoms with E-state index in [2.05, 4.69) is 47.3 Å². The fourth-order valence-corrected chi connectivity index (χ4v) is 4.99. The van der Waals surface area contributed by atoms with Crippen LogP contribution in [0.15, 0.2) is 42.7 Å². The molecule has 0 radical (unpaired) electrons. The summed E-state index contributed by atoms with van der Waals surface area (Å²) in [6.07, 6.45) is 8.77. The molecule has 33 heavy (non-hydrogen) atoms. The van der Waals surface area contributed by atoms with Crippen molar-refractivity contribution in [1.29, 1.82) is 0 Å². The third-order valence-electron chi connectivity index (χ3n) is 6.80. The van der Waals surface area contributed by atoms with E-state index < -0.39 is 0 Å². The minimum absolute atomic E-state index is 0.194. The molecular weight excluding hydrogens is 412 g/mol. The number of aryl methyl sites for hydroxylation is 2. The van der Waals surface area contributed by atoms with E-state index >= 15 is 0 Å². The lowest BCUT2D eigenvalue weighted by molar-refractivity contribution is -0.131. The van der Waals surface area contributed by atoms with E-state index in [9.17, 15) is 4.79 Å². The van der Waals surface area contributed by atoms with E-state index in [0.717, 1.165) is 60.9 Å². The van der Waals surface area contributed by atoms with Gasteiger partial charge in [0.05, 0.1) is 17.8 Å². The summed E-state index contributed by atoms with van der Waals surface area (Å²) in [6.45, 7) is 5.62. The van der Waals surface area contributed by atoms with Gasteiger partial charge < -0.3 is 9.80 Å². The highest BCUT2D eigenvalue weighted by Crippen LogP contribution is 2.33. The average Bonchev–Trinajstić information content (AvgIpc) is 3.51. The molecule has 2 aromatic heterocycles. The number of carbonyl (C=O) groups excluding carboxylic acids is 1.